The molecule has 6 atom stereocenters. The zero-order chi connectivity index (χ0) is 17.2. The van der Waals surface area contributed by atoms with Crippen molar-refractivity contribution in [3.05, 3.63) is 0 Å². The van der Waals surface area contributed by atoms with Crippen LogP contribution in [0.4, 0.5) is 4.79 Å². The lowest BCUT2D eigenvalue weighted by molar-refractivity contribution is -0.150. The van der Waals surface area contributed by atoms with Gasteiger partial charge in [0.2, 0.25) is 0 Å². The number of hydrogen-bond donors (Lipinski definition) is 3. The third kappa shape index (κ3) is 2.54. The summed E-state index contributed by atoms with van der Waals surface area (Å²) in [4.78, 5) is 31.3. The van der Waals surface area contributed by atoms with Crippen LogP contribution in [0.3, 0.4) is 0 Å². The maximum Gasteiger partial charge on any atom is 0.418 e. The highest BCUT2D eigenvalue weighted by molar-refractivity contribution is 7.80. The zero-order valence-electron chi connectivity index (χ0n) is 12.6. The number of nitrogens with two attached hydrogens (primary N) is 1. The van der Waals surface area contributed by atoms with Crippen molar-refractivity contribution in [3.8, 4) is 0 Å². The molecule has 0 radical (unpaired) electrons. The number of nitrogens with zero attached hydrogens (tertiary/aromatic N) is 2. The Morgan fingerprint density at radius 2 is 2.08 bits per heavy atom. The molecule has 2 bridgehead atoms. The highest BCUT2D eigenvalue weighted by Crippen LogP contribution is 2.53. The predicted molar refractivity (Wildman–Crippen MR) is 76.0 cm³/mol. The molecule has 0 aromatic carbocycles. The van der Waals surface area contributed by atoms with Crippen LogP contribution in [0.2, 0.25) is 0 Å². The first-order chi connectivity index (χ1) is 11.3. The van der Waals surface area contributed by atoms with E-state index >= 15 is 0 Å². The van der Waals surface area contributed by atoms with E-state index in [1.807, 2.05) is 0 Å². The molecule has 4 N–H and O–H groups in total. The number of hydrogen-bond acceptors (Lipinski definition) is 7. The van der Waals surface area contributed by atoms with Crippen molar-refractivity contribution in [2.24, 2.45) is 17.6 Å². The van der Waals surface area contributed by atoms with Crippen LogP contribution in [-0.2, 0) is 24.3 Å². The summed E-state index contributed by atoms with van der Waals surface area (Å²) in [5.74, 6) is -0.584. The van der Waals surface area contributed by atoms with Crippen molar-refractivity contribution in [1.29, 1.82) is 0 Å². The molecule has 24 heavy (non-hydrogen) atoms. The summed E-state index contributed by atoms with van der Waals surface area (Å²) in [7, 11) is -4.81. The van der Waals surface area contributed by atoms with Crippen LogP contribution in [0, 0.1) is 11.8 Å². The number of rotatable bonds is 5. The Morgan fingerprint density at radius 3 is 2.67 bits per heavy atom. The zero-order valence-corrected chi connectivity index (χ0v) is 13.4. The molecule has 2 aliphatic carbocycles. The van der Waals surface area contributed by atoms with Gasteiger partial charge in [-0.15, -0.1) is 4.28 Å². The number of fused-ring (bicyclic) bond motifs is 4. The fraction of sp³-hybridized carbons (Fsp3) is 0.833. The molecular weight excluding hydrogens is 344 g/mol. The van der Waals surface area contributed by atoms with Gasteiger partial charge in [0.15, 0.2) is 0 Å². The number of carbonyl (C=O) groups is 2. The van der Waals surface area contributed by atoms with Crippen molar-refractivity contribution in [2.75, 3.05) is 6.54 Å². The van der Waals surface area contributed by atoms with Crippen LogP contribution in [0.5, 0.6) is 0 Å². The van der Waals surface area contributed by atoms with Gasteiger partial charge in [0.05, 0.1) is 6.04 Å². The fourth-order valence-electron chi connectivity index (χ4n) is 3.80. The predicted octanol–water partition coefficient (Wildman–Crippen LogP) is -1.62. The fourth-order valence-corrected chi connectivity index (χ4v) is 4.17. The molecule has 4 unspecified atom stereocenters. The van der Waals surface area contributed by atoms with Crippen molar-refractivity contribution in [2.45, 2.75) is 43.5 Å². The summed E-state index contributed by atoms with van der Waals surface area (Å²) in [5.41, 5.74) is 8.11. The van der Waals surface area contributed by atoms with E-state index in [-0.39, 0.29) is 30.5 Å². The number of hydroxylamine groups is 3. The second-order valence-electron chi connectivity index (χ2n) is 6.70. The highest BCUT2D eigenvalue weighted by atomic mass is 32.3. The molecule has 2 saturated carbocycles. The monoisotopic (exact) mass is 362 g/mol. The standard InChI is InChI=1S/C12H18N4O7S/c13-7-1-2-9(7)22-14-11(17)10-6-3-5(6)8-4-15(10)12(18)16(8)23-24(19,20)21/h5-10H,1-4,13H2,(H,14,17)(H,19,20,21)/t5?,6?,7?,8-,9?,10-/m0/s1. The van der Waals surface area contributed by atoms with Gasteiger partial charge >= 0.3 is 16.4 Å². The number of urea groups is 1. The average Bonchev–Trinajstić information content (AvgIpc) is 3.23. The molecule has 4 rings (SSSR count). The average molecular weight is 362 g/mol. The Labute approximate surface area is 137 Å². The molecule has 0 aromatic heterocycles. The third-order valence-electron chi connectivity index (χ3n) is 5.26. The Bertz CT molecular complexity index is 685. The molecule has 134 valence electrons. The Balaban J connectivity index is 1.45. The lowest BCUT2D eigenvalue weighted by atomic mass is 9.90. The van der Waals surface area contributed by atoms with E-state index in [9.17, 15) is 18.0 Å². The summed E-state index contributed by atoms with van der Waals surface area (Å²) in [6.45, 7) is 0.163. The molecule has 0 spiro atoms. The molecule has 0 aromatic rings. The van der Waals surface area contributed by atoms with E-state index in [2.05, 4.69) is 9.76 Å². The first-order valence-electron chi connectivity index (χ1n) is 7.74. The summed E-state index contributed by atoms with van der Waals surface area (Å²) in [5, 5.41) is 0.649. The number of nitrogens with one attached hydrogen (secondary N) is 1. The molecule has 2 aliphatic heterocycles. The Morgan fingerprint density at radius 1 is 1.33 bits per heavy atom. The van der Waals surface area contributed by atoms with Crippen LogP contribution < -0.4 is 11.2 Å². The molecule has 2 saturated heterocycles. The van der Waals surface area contributed by atoms with Crippen LogP contribution in [-0.4, -0.2) is 65.6 Å². The highest BCUT2D eigenvalue weighted by Gasteiger charge is 2.65. The summed E-state index contributed by atoms with van der Waals surface area (Å²) < 4.78 is 35.0. The SMILES string of the molecule is NC1CCC1ONC(=O)[C@@H]1C2CC2[C@@H]2CN1C(=O)N2OS(=O)(=O)O. The van der Waals surface area contributed by atoms with Crippen molar-refractivity contribution in [1.82, 2.24) is 15.4 Å². The molecule has 4 aliphatic rings. The topological polar surface area (TPSA) is 151 Å². The maximum absolute atomic E-state index is 12.4. The van der Waals surface area contributed by atoms with E-state index in [0.29, 0.717) is 11.5 Å². The molecule has 3 amide bonds. The van der Waals surface area contributed by atoms with Crippen LogP contribution >= 0.6 is 0 Å². The van der Waals surface area contributed by atoms with Gasteiger partial charge in [-0.3, -0.25) is 14.2 Å². The van der Waals surface area contributed by atoms with E-state index in [0.717, 1.165) is 12.8 Å². The smallest absolute Gasteiger partial charge is 0.325 e. The van der Waals surface area contributed by atoms with E-state index in [1.54, 1.807) is 0 Å². The van der Waals surface area contributed by atoms with Crippen molar-refractivity contribution >= 4 is 22.3 Å². The maximum atomic E-state index is 12.4. The molecule has 4 fully saturated rings. The first-order valence-corrected chi connectivity index (χ1v) is 9.10. The molecule has 2 heterocycles. The summed E-state index contributed by atoms with van der Waals surface area (Å²) >= 11 is 0. The number of carbonyl (C=O) groups excluding carboxylic acids is 2. The molecule has 12 heteroatoms. The minimum Gasteiger partial charge on any atom is -0.325 e. The van der Waals surface area contributed by atoms with Gasteiger partial charge in [0.1, 0.15) is 12.1 Å². The number of amides is 3. The minimum atomic E-state index is -4.81. The minimum absolute atomic E-state index is 0.0452. The van der Waals surface area contributed by atoms with Crippen LogP contribution in [0.15, 0.2) is 0 Å². The van der Waals surface area contributed by atoms with Crippen molar-refractivity contribution in [3.63, 3.8) is 0 Å². The Kier molecular flexibility index (Phi) is 3.51. The quantitative estimate of drug-likeness (QED) is 0.390. The Hall–Kier alpha value is -1.47. The van der Waals surface area contributed by atoms with Gasteiger partial charge in [-0.2, -0.15) is 13.5 Å². The lowest BCUT2D eigenvalue weighted by Crippen LogP contribution is -2.54. The summed E-state index contributed by atoms with van der Waals surface area (Å²) in [6, 6.07) is -2.11. The summed E-state index contributed by atoms with van der Waals surface area (Å²) in [6.07, 6.45) is 2.04. The second kappa shape index (κ2) is 5.26. The number of piperidine rings is 1. The van der Waals surface area contributed by atoms with Crippen molar-refractivity contribution < 1.29 is 31.7 Å². The van der Waals surface area contributed by atoms with Gasteiger partial charge in [0, 0.05) is 12.6 Å². The molecule has 11 nitrogen and oxygen atoms in total. The van der Waals surface area contributed by atoms with E-state index < -0.39 is 34.4 Å². The first kappa shape index (κ1) is 16.0. The van der Waals surface area contributed by atoms with Gasteiger partial charge < -0.3 is 10.6 Å². The normalized spacial score (nSPS) is 40.2. The van der Waals surface area contributed by atoms with E-state index in [1.165, 1.54) is 4.90 Å². The van der Waals surface area contributed by atoms with Crippen LogP contribution in [0.1, 0.15) is 19.3 Å². The van der Waals surface area contributed by atoms with Gasteiger partial charge in [-0.1, -0.05) is 0 Å². The largest absolute Gasteiger partial charge is 0.418 e. The van der Waals surface area contributed by atoms with E-state index in [4.69, 9.17) is 15.1 Å². The molecular formula is C12H18N4O7S. The van der Waals surface area contributed by atoms with Gasteiger partial charge in [-0.25, -0.2) is 10.3 Å². The van der Waals surface area contributed by atoms with Gasteiger partial charge in [0.25, 0.3) is 5.91 Å². The van der Waals surface area contributed by atoms with Crippen LogP contribution in [0.25, 0.3) is 0 Å². The second-order valence-corrected chi connectivity index (χ2v) is 7.71. The van der Waals surface area contributed by atoms with Gasteiger partial charge in [-0.05, 0) is 31.1 Å². The lowest BCUT2D eigenvalue weighted by Gasteiger charge is -2.34. The third-order valence-corrected chi connectivity index (χ3v) is 5.61.